The summed E-state index contributed by atoms with van der Waals surface area (Å²) in [6, 6.07) is 10.3. The van der Waals surface area contributed by atoms with Gasteiger partial charge in [-0.25, -0.2) is 8.78 Å². The Morgan fingerprint density at radius 2 is 2.00 bits per heavy atom. The van der Waals surface area contributed by atoms with Gasteiger partial charge < -0.3 is 0 Å². The number of fused-ring (bicyclic) bond motifs is 1. The molecule has 3 rings (SSSR count). The number of nitrogens with zero attached hydrogens (tertiary/aromatic N) is 2. The molecule has 2 aromatic carbocycles. The highest BCUT2D eigenvalue weighted by molar-refractivity contribution is 5.93. The average Bonchev–Trinajstić information content (AvgIpc) is 2.80. The molecule has 0 amide bonds. The Morgan fingerprint density at radius 3 is 2.74 bits per heavy atom. The fourth-order valence-electron chi connectivity index (χ4n) is 1.98. The standard InChI is InChI=1S/C14H7F2N3/c15-10-3-1-2-8(4-10)14-11-5-9(7-17)12(16)6-13(11)18-19-14/h1-6H,(H,18,19). The van der Waals surface area contributed by atoms with Crippen LogP contribution in [0.25, 0.3) is 22.2 Å². The molecule has 0 spiro atoms. The Morgan fingerprint density at radius 1 is 1.16 bits per heavy atom. The van der Waals surface area contributed by atoms with E-state index in [9.17, 15) is 8.78 Å². The first-order chi connectivity index (χ1) is 9.19. The van der Waals surface area contributed by atoms with Crippen LogP contribution in [0.3, 0.4) is 0 Å². The van der Waals surface area contributed by atoms with Gasteiger partial charge in [-0.3, -0.25) is 5.10 Å². The molecule has 1 heterocycles. The molecule has 0 aliphatic heterocycles. The van der Waals surface area contributed by atoms with Crippen LogP contribution < -0.4 is 0 Å². The van der Waals surface area contributed by atoms with Crippen molar-refractivity contribution >= 4 is 10.9 Å². The highest BCUT2D eigenvalue weighted by Crippen LogP contribution is 2.28. The molecule has 0 saturated heterocycles. The van der Waals surface area contributed by atoms with Crippen molar-refractivity contribution in [2.45, 2.75) is 0 Å². The summed E-state index contributed by atoms with van der Waals surface area (Å²) in [5.74, 6) is -0.985. The third-order valence-corrected chi connectivity index (χ3v) is 2.87. The smallest absolute Gasteiger partial charge is 0.143 e. The van der Waals surface area contributed by atoms with Gasteiger partial charge in [-0.05, 0) is 18.2 Å². The van der Waals surface area contributed by atoms with E-state index in [4.69, 9.17) is 5.26 Å². The minimum atomic E-state index is -0.607. The lowest BCUT2D eigenvalue weighted by Crippen LogP contribution is -1.84. The predicted octanol–water partition coefficient (Wildman–Crippen LogP) is 3.38. The number of aromatic amines is 1. The van der Waals surface area contributed by atoms with Gasteiger partial charge in [0.1, 0.15) is 23.4 Å². The number of H-pyrrole nitrogens is 1. The Kier molecular flexibility index (Phi) is 2.50. The molecule has 0 unspecified atom stereocenters. The number of halogens is 2. The normalized spacial score (nSPS) is 10.6. The Bertz CT molecular complexity index is 815. The largest absolute Gasteiger partial charge is 0.277 e. The molecule has 3 nitrogen and oxygen atoms in total. The molecule has 0 saturated carbocycles. The monoisotopic (exact) mass is 255 g/mol. The molecule has 1 N–H and O–H groups in total. The first-order valence-corrected chi connectivity index (χ1v) is 5.52. The van der Waals surface area contributed by atoms with Gasteiger partial charge in [0.2, 0.25) is 0 Å². The summed E-state index contributed by atoms with van der Waals surface area (Å²) in [6.45, 7) is 0. The molecule has 1 aromatic heterocycles. The predicted molar refractivity (Wildman–Crippen MR) is 66.2 cm³/mol. The number of hydrogen-bond donors (Lipinski definition) is 1. The lowest BCUT2D eigenvalue weighted by atomic mass is 10.1. The van der Waals surface area contributed by atoms with Crippen molar-refractivity contribution in [3.8, 4) is 17.3 Å². The highest BCUT2D eigenvalue weighted by atomic mass is 19.1. The van der Waals surface area contributed by atoms with Crippen molar-refractivity contribution in [3.63, 3.8) is 0 Å². The Hall–Kier alpha value is -2.74. The second-order valence-corrected chi connectivity index (χ2v) is 4.07. The van der Waals surface area contributed by atoms with Crippen molar-refractivity contribution in [1.82, 2.24) is 10.2 Å². The summed E-state index contributed by atoms with van der Waals surface area (Å²) in [4.78, 5) is 0. The molecule has 0 aliphatic carbocycles. The van der Waals surface area contributed by atoms with E-state index in [-0.39, 0.29) is 11.4 Å². The van der Waals surface area contributed by atoms with Gasteiger partial charge in [-0.2, -0.15) is 10.4 Å². The van der Waals surface area contributed by atoms with E-state index in [1.807, 2.05) is 0 Å². The van der Waals surface area contributed by atoms with E-state index >= 15 is 0 Å². The van der Waals surface area contributed by atoms with Crippen LogP contribution >= 0.6 is 0 Å². The molecule has 19 heavy (non-hydrogen) atoms. The van der Waals surface area contributed by atoms with Crippen molar-refractivity contribution in [3.05, 3.63) is 53.6 Å². The molecule has 0 atom stereocenters. The molecule has 5 heteroatoms. The lowest BCUT2D eigenvalue weighted by Gasteiger charge is -1.99. The highest BCUT2D eigenvalue weighted by Gasteiger charge is 2.12. The van der Waals surface area contributed by atoms with E-state index in [0.717, 1.165) is 0 Å². The molecule has 0 fully saturated rings. The van der Waals surface area contributed by atoms with Crippen molar-refractivity contribution in [2.24, 2.45) is 0 Å². The average molecular weight is 255 g/mol. The van der Waals surface area contributed by atoms with E-state index in [2.05, 4.69) is 10.2 Å². The van der Waals surface area contributed by atoms with Crippen LogP contribution in [0.5, 0.6) is 0 Å². The number of nitriles is 1. The SMILES string of the molecule is N#Cc1cc2c(-c3cccc(F)c3)n[nH]c2cc1F. The molecule has 0 bridgehead atoms. The van der Waals surface area contributed by atoms with E-state index in [0.29, 0.717) is 22.2 Å². The van der Waals surface area contributed by atoms with Crippen molar-refractivity contribution in [1.29, 1.82) is 5.26 Å². The fraction of sp³-hybridized carbons (Fsp3) is 0. The lowest BCUT2D eigenvalue weighted by molar-refractivity contribution is 0.625. The maximum Gasteiger partial charge on any atom is 0.143 e. The zero-order chi connectivity index (χ0) is 13.4. The van der Waals surface area contributed by atoms with Gasteiger partial charge in [0.15, 0.2) is 0 Å². The number of benzene rings is 2. The quantitative estimate of drug-likeness (QED) is 0.724. The summed E-state index contributed by atoms with van der Waals surface area (Å²) in [6.07, 6.45) is 0. The fourth-order valence-corrected chi connectivity index (χ4v) is 1.98. The minimum absolute atomic E-state index is 0.0634. The van der Waals surface area contributed by atoms with Crippen LogP contribution in [-0.4, -0.2) is 10.2 Å². The molecular weight excluding hydrogens is 248 g/mol. The molecule has 0 aliphatic rings. The molecular formula is C14H7F2N3. The summed E-state index contributed by atoms with van der Waals surface area (Å²) < 4.78 is 26.7. The van der Waals surface area contributed by atoms with E-state index in [1.54, 1.807) is 18.2 Å². The second-order valence-electron chi connectivity index (χ2n) is 4.07. The maximum absolute atomic E-state index is 13.5. The Labute approximate surface area is 107 Å². The van der Waals surface area contributed by atoms with Gasteiger partial charge in [0, 0.05) is 17.0 Å². The zero-order valence-electron chi connectivity index (χ0n) is 9.61. The van der Waals surface area contributed by atoms with Crippen LogP contribution in [-0.2, 0) is 0 Å². The molecule has 0 radical (unpaired) electrons. The van der Waals surface area contributed by atoms with Gasteiger partial charge in [-0.1, -0.05) is 12.1 Å². The number of rotatable bonds is 1. The first kappa shape index (κ1) is 11.4. The van der Waals surface area contributed by atoms with Gasteiger partial charge in [-0.15, -0.1) is 0 Å². The minimum Gasteiger partial charge on any atom is -0.277 e. The molecule has 92 valence electrons. The van der Waals surface area contributed by atoms with E-state index in [1.165, 1.54) is 24.3 Å². The van der Waals surface area contributed by atoms with Crippen LogP contribution in [0, 0.1) is 23.0 Å². The van der Waals surface area contributed by atoms with Gasteiger partial charge in [0.25, 0.3) is 0 Å². The second kappa shape index (κ2) is 4.18. The van der Waals surface area contributed by atoms with Crippen molar-refractivity contribution in [2.75, 3.05) is 0 Å². The topological polar surface area (TPSA) is 52.5 Å². The zero-order valence-corrected chi connectivity index (χ0v) is 9.61. The summed E-state index contributed by atoms with van der Waals surface area (Å²) >= 11 is 0. The maximum atomic E-state index is 13.5. The third-order valence-electron chi connectivity index (χ3n) is 2.87. The van der Waals surface area contributed by atoms with E-state index < -0.39 is 5.82 Å². The number of nitrogens with one attached hydrogen (secondary N) is 1. The summed E-state index contributed by atoms with van der Waals surface area (Å²) in [5, 5.41) is 16.2. The number of hydrogen-bond acceptors (Lipinski definition) is 2. The summed E-state index contributed by atoms with van der Waals surface area (Å²) in [7, 11) is 0. The Balaban J connectivity index is 2.29. The van der Waals surface area contributed by atoms with Crippen molar-refractivity contribution < 1.29 is 8.78 Å². The van der Waals surface area contributed by atoms with Crippen LogP contribution in [0.1, 0.15) is 5.56 Å². The van der Waals surface area contributed by atoms with Crippen LogP contribution in [0.2, 0.25) is 0 Å². The number of aromatic nitrogens is 2. The van der Waals surface area contributed by atoms with Gasteiger partial charge >= 0.3 is 0 Å². The summed E-state index contributed by atoms with van der Waals surface area (Å²) in [5.41, 5.74) is 1.47. The molecule has 3 aromatic rings. The van der Waals surface area contributed by atoms with Crippen LogP contribution in [0.4, 0.5) is 8.78 Å². The van der Waals surface area contributed by atoms with Crippen LogP contribution in [0.15, 0.2) is 36.4 Å². The third kappa shape index (κ3) is 1.83. The first-order valence-electron chi connectivity index (χ1n) is 5.52. The van der Waals surface area contributed by atoms with Gasteiger partial charge in [0.05, 0.1) is 11.1 Å².